The predicted molar refractivity (Wildman–Crippen MR) is 80.7 cm³/mol. The Morgan fingerprint density at radius 2 is 1.90 bits per heavy atom. The highest BCUT2D eigenvalue weighted by Crippen LogP contribution is 2.42. The zero-order chi connectivity index (χ0) is 14.6. The summed E-state index contributed by atoms with van der Waals surface area (Å²) in [5, 5.41) is 7.47. The first-order chi connectivity index (χ1) is 9.50. The molecule has 1 aliphatic carbocycles. The minimum absolute atomic E-state index is 0.430. The fourth-order valence-corrected chi connectivity index (χ4v) is 3.13. The summed E-state index contributed by atoms with van der Waals surface area (Å²) in [6.07, 6.45) is 5.81. The van der Waals surface area contributed by atoms with Crippen LogP contribution in [0.4, 0.5) is 0 Å². The van der Waals surface area contributed by atoms with Gasteiger partial charge < -0.3 is 9.84 Å². The Labute approximate surface area is 122 Å². The molecule has 0 amide bonds. The zero-order valence-electron chi connectivity index (χ0n) is 13.4. The number of hydrogen-bond acceptors (Lipinski definition) is 4. The molecule has 20 heavy (non-hydrogen) atoms. The summed E-state index contributed by atoms with van der Waals surface area (Å²) >= 11 is 0. The van der Waals surface area contributed by atoms with Crippen molar-refractivity contribution in [1.82, 2.24) is 15.5 Å². The molecule has 1 heterocycles. The summed E-state index contributed by atoms with van der Waals surface area (Å²) in [6, 6.07) is 0. The molecule has 0 aliphatic heterocycles. The summed E-state index contributed by atoms with van der Waals surface area (Å²) in [5.74, 6) is 3.05. The molecule has 1 aromatic heterocycles. The molecule has 0 unspecified atom stereocenters. The summed E-state index contributed by atoms with van der Waals surface area (Å²) in [7, 11) is 0. The van der Waals surface area contributed by atoms with Gasteiger partial charge in [-0.2, -0.15) is 4.98 Å². The number of likely N-dealkylation sites (N-methyl/N-ethyl adjacent to an activating group) is 1. The molecular weight excluding hydrogens is 250 g/mol. The molecule has 0 radical (unpaired) electrons. The van der Waals surface area contributed by atoms with Gasteiger partial charge in [0, 0.05) is 18.9 Å². The lowest BCUT2D eigenvalue weighted by atomic mass is 9.70. The fourth-order valence-electron chi connectivity index (χ4n) is 3.13. The SMILES string of the molecule is CCNCCc1nc(C2CCC(C(C)(C)C)CC2)no1. The number of nitrogens with one attached hydrogen (secondary N) is 1. The van der Waals surface area contributed by atoms with Crippen LogP contribution in [0.15, 0.2) is 4.52 Å². The van der Waals surface area contributed by atoms with E-state index in [1.807, 2.05) is 0 Å². The van der Waals surface area contributed by atoms with E-state index in [9.17, 15) is 0 Å². The first-order valence-corrected chi connectivity index (χ1v) is 8.04. The van der Waals surface area contributed by atoms with Crippen molar-refractivity contribution in [1.29, 1.82) is 0 Å². The molecule has 114 valence electrons. The normalized spacial score (nSPS) is 24.0. The Balaban J connectivity index is 1.84. The Hall–Kier alpha value is -0.900. The highest BCUT2D eigenvalue weighted by atomic mass is 16.5. The number of hydrogen-bond donors (Lipinski definition) is 1. The highest BCUT2D eigenvalue weighted by molar-refractivity contribution is 4.99. The summed E-state index contributed by atoms with van der Waals surface area (Å²) < 4.78 is 5.36. The molecule has 0 bridgehead atoms. The summed E-state index contributed by atoms with van der Waals surface area (Å²) in [6.45, 7) is 11.1. The van der Waals surface area contributed by atoms with Crippen molar-refractivity contribution in [3.8, 4) is 0 Å². The maximum atomic E-state index is 5.36. The van der Waals surface area contributed by atoms with E-state index in [4.69, 9.17) is 4.52 Å². The van der Waals surface area contributed by atoms with Gasteiger partial charge in [-0.3, -0.25) is 0 Å². The summed E-state index contributed by atoms with van der Waals surface area (Å²) in [5.41, 5.74) is 0.430. The van der Waals surface area contributed by atoms with Gasteiger partial charge in [0.25, 0.3) is 0 Å². The third-order valence-corrected chi connectivity index (χ3v) is 4.57. The lowest BCUT2D eigenvalue weighted by Gasteiger charge is -2.36. The molecule has 2 rings (SSSR count). The van der Waals surface area contributed by atoms with E-state index in [0.717, 1.165) is 37.1 Å². The van der Waals surface area contributed by atoms with Gasteiger partial charge >= 0.3 is 0 Å². The lowest BCUT2D eigenvalue weighted by molar-refractivity contribution is 0.166. The number of aromatic nitrogens is 2. The molecule has 1 aliphatic rings. The Bertz CT molecular complexity index is 400. The van der Waals surface area contributed by atoms with E-state index in [1.165, 1.54) is 25.7 Å². The Kier molecular flexibility index (Phi) is 5.19. The molecular formula is C16H29N3O. The third-order valence-electron chi connectivity index (χ3n) is 4.57. The predicted octanol–water partition coefficient (Wildman–Crippen LogP) is 3.54. The van der Waals surface area contributed by atoms with Crippen LogP contribution in [0, 0.1) is 11.3 Å². The second-order valence-corrected chi connectivity index (χ2v) is 7.06. The molecule has 1 saturated carbocycles. The average molecular weight is 279 g/mol. The second-order valence-electron chi connectivity index (χ2n) is 7.06. The van der Waals surface area contributed by atoms with Crippen LogP contribution in [0.25, 0.3) is 0 Å². The van der Waals surface area contributed by atoms with Gasteiger partial charge in [0.05, 0.1) is 0 Å². The van der Waals surface area contributed by atoms with Gasteiger partial charge in [-0.15, -0.1) is 0 Å². The fraction of sp³-hybridized carbons (Fsp3) is 0.875. The van der Waals surface area contributed by atoms with Crippen LogP contribution in [0.1, 0.15) is 71.0 Å². The standard InChI is InChI=1S/C16H29N3O/c1-5-17-11-10-14-18-15(19-20-14)12-6-8-13(9-7-12)16(2,3)4/h12-13,17H,5-11H2,1-4H3. The van der Waals surface area contributed by atoms with Gasteiger partial charge in [0.15, 0.2) is 5.82 Å². The molecule has 0 atom stereocenters. The quantitative estimate of drug-likeness (QED) is 0.838. The van der Waals surface area contributed by atoms with Crippen molar-refractivity contribution in [2.45, 2.75) is 65.7 Å². The topological polar surface area (TPSA) is 51.0 Å². The monoisotopic (exact) mass is 279 g/mol. The van der Waals surface area contributed by atoms with Gasteiger partial charge in [0.2, 0.25) is 5.89 Å². The molecule has 1 N–H and O–H groups in total. The molecule has 1 aromatic rings. The number of nitrogens with zero attached hydrogens (tertiary/aromatic N) is 2. The van der Waals surface area contributed by atoms with Crippen LogP contribution in [0.5, 0.6) is 0 Å². The highest BCUT2D eigenvalue weighted by Gasteiger charge is 2.31. The van der Waals surface area contributed by atoms with Crippen LogP contribution in [-0.2, 0) is 6.42 Å². The van der Waals surface area contributed by atoms with Crippen molar-refractivity contribution >= 4 is 0 Å². The van der Waals surface area contributed by atoms with Gasteiger partial charge in [-0.1, -0.05) is 32.9 Å². The third kappa shape index (κ3) is 4.05. The van der Waals surface area contributed by atoms with Gasteiger partial charge in [-0.05, 0) is 43.6 Å². The first-order valence-electron chi connectivity index (χ1n) is 8.04. The van der Waals surface area contributed by atoms with Crippen LogP contribution in [0.3, 0.4) is 0 Å². The summed E-state index contributed by atoms with van der Waals surface area (Å²) in [4.78, 5) is 4.58. The lowest BCUT2D eigenvalue weighted by Crippen LogP contribution is -2.25. The molecule has 1 fully saturated rings. The molecule has 4 heteroatoms. The zero-order valence-corrected chi connectivity index (χ0v) is 13.4. The van der Waals surface area contributed by atoms with Crippen LogP contribution >= 0.6 is 0 Å². The minimum Gasteiger partial charge on any atom is -0.339 e. The molecule has 0 spiro atoms. The first kappa shape index (κ1) is 15.5. The van der Waals surface area contributed by atoms with Crippen molar-refractivity contribution in [2.75, 3.05) is 13.1 Å². The van der Waals surface area contributed by atoms with E-state index in [-0.39, 0.29) is 0 Å². The minimum atomic E-state index is 0.430. The molecule has 0 saturated heterocycles. The Morgan fingerprint density at radius 1 is 1.20 bits per heavy atom. The van der Waals surface area contributed by atoms with Gasteiger partial charge in [0.1, 0.15) is 0 Å². The maximum absolute atomic E-state index is 5.36. The molecule has 4 nitrogen and oxygen atoms in total. The number of rotatable bonds is 5. The van der Waals surface area contributed by atoms with Crippen molar-refractivity contribution in [3.05, 3.63) is 11.7 Å². The van der Waals surface area contributed by atoms with E-state index in [2.05, 4.69) is 43.2 Å². The van der Waals surface area contributed by atoms with E-state index >= 15 is 0 Å². The van der Waals surface area contributed by atoms with Crippen molar-refractivity contribution < 1.29 is 4.52 Å². The average Bonchev–Trinajstić information content (AvgIpc) is 2.87. The largest absolute Gasteiger partial charge is 0.339 e. The van der Waals surface area contributed by atoms with E-state index < -0.39 is 0 Å². The van der Waals surface area contributed by atoms with Crippen molar-refractivity contribution in [3.63, 3.8) is 0 Å². The Morgan fingerprint density at radius 3 is 2.50 bits per heavy atom. The van der Waals surface area contributed by atoms with Crippen LogP contribution in [-0.4, -0.2) is 23.2 Å². The van der Waals surface area contributed by atoms with E-state index in [1.54, 1.807) is 0 Å². The van der Waals surface area contributed by atoms with Crippen molar-refractivity contribution in [2.24, 2.45) is 11.3 Å². The smallest absolute Gasteiger partial charge is 0.227 e. The van der Waals surface area contributed by atoms with E-state index in [0.29, 0.717) is 11.3 Å². The maximum Gasteiger partial charge on any atom is 0.227 e. The molecule has 0 aromatic carbocycles. The van der Waals surface area contributed by atoms with Crippen LogP contribution < -0.4 is 5.32 Å². The second kappa shape index (κ2) is 6.70. The van der Waals surface area contributed by atoms with Crippen LogP contribution in [0.2, 0.25) is 0 Å². The van der Waals surface area contributed by atoms with Gasteiger partial charge in [-0.25, -0.2) is 0 Å².